The molecular formula is C16H19BrClN5O3. The van der Waals surface area contributed by atoms with Gasteiger partial charge in [-0.05, 0) is 54.4 Å². The number of hydrogen-bond donors (Lipinski definition) is 2. The minimum Gasteiger partial charge on any atom is -0.443 e. The standard InChI is InChI=1S/C16H19BrClN5O3/c1-16(2,3)26-15(25)23(14(19)20)11(24)7-8-9(18)5-6-10-12(8)13(17)21-22(10)4/h5-6H,7H2,1-4H3,(H3,19,20). The Morgan fingerprint density at radius 1 is 1.42 bits per heavy atom. The van der Waals surface area contributed by atoms with Crippen LogP contribution in [0.3, 0.4) is 0 Å². The first kappa shape index (κ1) is 20.2. The Bertz CT molecular complexity index is 903. The number of amides is 2. The predicted octanol–water partition coefficient (Wildman–Crippen LogP) is 3.19. The number of aryl methyl sites for hydroxylation is 1. The fourth-order valence-electron chi connectivity index (χ4n) is 2.39. The van der Waals surface area contributed by atoms with Crippen molar-refractivity contribution in [3.8, 4) is 0 Å². The van der Waals surface area contributed by atoms with E-state index in [1.54, 1.807) is 44.6 Å². The van der Waals surface area contributed by atoms with Gasteiger partial charge in [-0.2, -0.15) is 10.00 Å². The smallest absolute Gasteiger partial charge is 0.424 e. The van der Waals surface area contributed by atoms with E-state index in [2.05, 4.69) is 21.0 Å². The van der Waals surface area contributed by atoms with Gasteiger partial charge < -0.3 is 10.5 Å². The Morgan fingerprint density at radius 3 is 2.58 bits per heavy atom. The number of guanidine groups is 1. The molecule has 0 spiro atoms. The fraction of sp³-hybridized carbons (Fsp3) is 0.375. The predicted molar refractivity (Wildman–Crippen MR) is 102 cm³/mol. The summed E-state index contributed by atoms with van der Waals surface area (Å²) in [6, 6.07) is 3.42. The largest absolute Gasteiger partial charge is 0.443 e. The van der Waals surface area contributed by atoms with E-state index in [9.17, 15) is 9.59 Å². The van der Waals surface area contributed by atoms with Crippen molar-refractivity contribution in [2.24, 2.45) is 12.8 Å². The topological polar surface area (TPSA) is 114 Å². The maximum Gasteiger partial charge on any atom is 0.424 e. The molecule has 0 aliphatic rings. The molecule has 2 aromatic rings. The number of nitrogens with one attached hydrogen (secondary N) is 1. The molecule has 10 heteroatoms. The van der Waals surface area contributed by atoms with Crippen molar-refractivity contribution in [3.05, 3.63) is 27.3 Å². The maximum absolute atomic E-state index is 12.7. The molecule has 140 valence electrons. The van der Waals surface area contributed by atoms with E-state index >= 15 is 0 Å². The molecule has 1 heterocycles. The number of hydrogen-bond acceptors (Lipinski definition) is 5. The Balaban J connectivity index is 2.42. The van der Waals surface area contributed by atoms with Crippen LogP contribution in [0.4, 0.5) is 4.79 Å². The normalized spacial score (nSPS) is 11.5. The van der Waals surface area contributed by atoms with E-state index in [1.165, 1.54) is 0 Å². The lowest BCUT2D eigenvalue weighted by molar-refractivity contribution is -0.126. The van der Waals surface area contributed by atoms with E-state index in [0.29, 0.717) is 25.5 Å². The highest BCUT2D eigenvalue weighted by Crippen LogP contribution is 2.32. The molecule has 8 nitrogen and oxygen atoms in total. The molecule has 1 aromatic heterocycles. The van der Waals surface area contributed by atoms with Gasteiger partial charge in [-0.25, -0.2) is 4.79 Å². The highest BCUT2D eigenvalue weighted by molar-refractivity contribution is 9.10. The first-order chi connectivity index (χ1) is 11.9. The summed E-state index contributed by atoms with van der Waals surface area (Å²) in [5, 5.41) is 12.8. The SMILES string of the molecule is Cn1nc(Br)c2c(CC(=O)N(C(=N)N)C(=O)OC(C)(C)C)c(Cl)ccc21. The van der Waals surface area contributed by atoms with Crippen molar-refractivity contribution in [1.29, 1.82) is 5.41 Å². The molecule has 0 bridgehead atoms. The van der Waals surface area contributed by atoms with Crippen molar-refractivity contribution in [1.82, 2.24) is 14.7 Å². The van der Waals surface area contributed by atoms with Crippen LogP contribution in [0.1, 0.15) is 26.3 Å². The third-order valence-corrected chi connectivity index (χ3v) is 4.33. The summed E-state index contributed by atoms with van der Waals surface area (Å²) in [6.07, 6.45) is -1.26. The van der Waals surface area contributed by atoms with Gasteiger partial charge in [0, 0.05) is 17.5 Å². The number of fused-ring (bicyclic) bond motifs is 1. The number of carbonyl (C=O) groups excluding carboxylic acids is 2. The highest BCUT2D eigenvalue weighted by atomic mass is 79.9. The van der Waals surface area contributed by atoms with Gasteiger partial charge >= 0.3 is 6.09 Å². The summed E-state index contributed by atoms with van der Waals surface area (Å²) in [4.78, 5) is 25.4. The molecule has 1 aromatic carbocycles. The number of rotatable bonds is 2. The van der Waals surface area contributed by atoms with E-state index < -0.39 is 23.6 Å². The monoisotopic (exact) mass is 443 g/mol. The molecule has 0 saturated carbocycles. The van der Waals surface area contributed by atoms with E-state index in [0.717, 1.165) is 5.52 Å². The quantitative estimate of drug-likeness (QED) is 0.545. The Kier molecular flexibility index (Phi) is 5.62. The first-order valence-electron chi connectivity index (χ1n) is 7.62. The van der Waals surface area contributed by atoms with E-state index in [-0.39, 0.29) is 6.42 Å². The number of imide groups is 1. The minimum atomic E-state index is -1.01. The van der Waals surface area contributed by atoms with Crippen LogP contribution >= 0.6 is 27.5 Å². The van der Waals surface area contributed by atoms with Crippen LogP contribution in [0.5, 0.6) is 0 Å². The number of carbonyl (C=O) groups is 2. The fourth-order valence-corrected chi connectivity index (χ4v) is 3.30. The van der Waals surface area contributed by atoms with Crippen molar-refractivity contribution in [3.63, 3.8) is 0 Å². The van der Waals surface area contributed by atoms with Crippen molar-refractivity contribution >= 4 is 56.4 Å². The number of aromatic nitrogens is 2. The second-order valence-electron chi connectivity index (χ2n) is 6.61. The zero-order valence-corrected chi connectivity index (χ0v) is 17.1. The van der Waals surface area contributed by atoms with Crippen LogP contribution < -0.4 is 5.73 Å². The molecule has 0 aliphatic heterocycles. The van der Waals surface area contributed by atoms with Gasteiger partial charge in [-0.3, -0.25) is 14.9 Å². The van der Waals surface area contributed by atoms with Gasteiger partial charge in [-0.1, -0.05) is 11.6 Å². The summed E-state index contributed by atoms with van der Waals surface area (Å²) in [7, 11) is 1.76. The summed E-state index contributed by atoms with van der Waals surface area (Å²) >= 11 is 9.62. The van der Waals surface area contributed by atoms with Crippen molar-refractivity contribution in [2.45, 2.75) is 32.8 Å². The van der Waals surface area contributed by atoms with Crippen LogP contribution in [-0.2, 0) is 23.0 Å². The van der Waals surface area contributed by atoms with Crippen LogP contribution in [0.15, 0.2) is 16.7 Å². The average molecular weight is 445 g/mol. The van der Waals surface area contributed by atoms with E-state index in [1.807, 2.05) is 0 Å². The molecular weight excluding hydrogens is 426 g/mol. The lowest BCUT2D eigenvalue weighted by atomic mass is 10.1. The molecule has 2 amide bonds. The Morgan fingerprint density at radius 2 is 2.04 bits per heavy atom. The molecule has 0 atom stereocenters. The number of nitrogens with zero attached hydrogens (tertiary/aromatic N) is 3. The number of ether oxygens (including phenoxy) is 1. The summed E-state index contributed by atoms with van der Waals surface area (Å²) in [6.45, 7) is 4.95. The van der Waals surface area contributed by atoms with Crippen molar-refractivity contribution in [2.75, 3.05) is 0 Å². The van der Waals surface area contributed by atoms with Crippen LogP contribution in [-0.4, -0.2) is 38.2 Å². The summed E-state index contributed by atoms with van der Waals surface area (Å²) in [5.74, 6) is -1.45. The molecule has 0 fully saturated rings. The molecule has 0 saturated heterocycles. The van der Waals surface area contributed by atoms with Crippen LogP contribution in [0.25, 0.3) is 10.9 Å². The van der Waals surface area contributed by atoms with Crippen LogP contribution in [0, 0.1) is 5.41 Å². The molecule has 0 radical (unpaired) electrons. The Labute approximate surface area is 163 Å². The zero-order valence-electron chi connectivity index (χ0n) is 14.8. The number of benzene rings is 1. The first-order valence-corrected chi connectivity index (χ1v) is 8.79. The van der Waals surface area contributed by atoms with Gasteiger partial charge in [0.15, 0.2) is 0 Å². The van der Waals surface area contributed by atoms with Crippen LogP contribution in [0.2, 0.25) is 5.02 Å². The van der Waals surface area contributed by atoms with Gasteiger partial charge in [0.2, 0.25) is 11.9 Å². The molecule has 3 N–H and O–H groups in total. The van der Waals surface area contributed by atoms with Crippen molar-refractivity contribution < 1.29 is 14.3 Å². The third-order valence-electron chi connectivity index (χ3n) is 3.42. The number of halogens is 2. The third kappa shape index (κ3) is 4.16. The summed E-state index contributed by atoms with van der Waals surface area (Å²) < 4.78 is 7.31. The molecule has 0 unspecified atom stereocenters. The molecule has 2 rings (SSSR count). The second kappa shape index (κ2) is 7.24. The zero-order chi connectivity index (χ0) is 19.8. The lowest BCUT2D eigenvalue weighted by Crippen LogP contribution is -2.48. The minimum absolute atomic E-state index is 0.251. The van der Waals surface area contributed by atoms with Gasteiger partial charge in [0.05, 0.1) is 11.9 Å². The molecule has 0 aliphatic carbocycles. The number of nitrogens with two attached hydrogens (primary N) is 1. The highest BCUT2D eigenvalue weighted by Gasteiger charge is 2.30. The summed E-state index contributed by atoms with van der Waals surface area (Å²) in [5.41, 5.74) is 5.82. The van der Waals surface area contributed by atoms with Gasteiger partial charge in [0.1, 0.15) is 10.2 Å². The second-order valence-corrected chi connectivity index (χ2v) is 7.76. The van der Waals surface area contributed by atoms with E-state index in [4.69, 9.17) is 27.5 Å². The lowest BCUT2D eigenvalue weighted by Gasteiger charge is -2.25. The maximum atomic E-state index is 12.7. The van der Waals surface area contributed by atoms with Gasteiger partial charge in [-0.15, -0.1) is 0 Å². The average Bonchev–Trinajstić information content (AvgIpc) is 2.74. The Hall–Kier alpha value is -2.13. The van der Waals surface area contributed by atoms with Gasteiger partial charge in [0.25, 0.3) is 0 Å². The molecule has 26 heavy (non-hydrogen) atoms.